The first-order valence-electron chi connectivity index (χ1n) is 8.15. The maximum atomic E-state index is 3.93. The SMILES string of the molecule is CC.CC.CC(C)c1cccnn1.CC(C)c1ccnnc1. The van der Waals surface area contributed by atoms with Gasteiger partial charge in [-0.25, -0.2) is 0 Å². The lowest BCUT2D eigenvalue weighted by Crippen LogP contribution is -1.92. The van der Waals surface area contributed by atoms with Crippen molar-refractivity contribution in [2.75, 3.05) is 0 Å². The molecular formula is C18H32N4. The van der Waals surface area contributed by atoms with Gasteiger partial charge in [-0.15, -0.1) is 0 Å². The van der Waals surface area contributed by atoms with E-state index in [0.717, 1.165) is 5.69 Å². The predicted molar refractivity (Wildman–Crippen MR) is 94.9 cm³/mol. The molecule has 2 aromatic rings. The van der Waals surface area contributed by atoms with Crippen LogP contribution in [0.2, 0.25) is 0 Å². The molecule has 2 aromatic heterocycles. The molecule has 0 N–H and O–H groups in total. The third kappa shape index (κ3) is 10.9. The molecule has 2 rings (SSSR count). The third-order valence-corrected chi connectivity index (χ3v) is 2.46. The zero-order chi connectivity index (χ0) is 17.4. The van der Waals surface area contributed by atoms with Crippen molar-refractivity contribution in [3.63, 3.8) is 0 Å². The fourth-order valence-corrected chi connectivity index (χ4v) is 1.26. The second-order valence-electron chi connectivity index (χ2n) is 4.63. The summed E-state index contributed by atoms with van der Waals surface area (Å²) >= 11 is 0. The van der Waals surface area contributed by atoms with E-state index in [0.29, 0.717) is 11.8 Å². The van der Waals surface area contributed by atoms with Crippen LogP contribution in [0.25, 0.3) is 0 Å². The van der Waals surface area contributed by atoms with Crippen LogP contribution in [0.1, 0.15) is 78.5 Å². The van der Waals surface area contributed by atoms with E-state index >= 15 is 0 Å². The largest absolute Gasteiger partial charge is 0.159 e. The zero-order valence-corrected chi connectivity index (χ0v) is 15.4. The van der Waals surface area contributed by atoms with Gasteiger partial charge in [-0.3, -0.25) is 0 Å². The fourth-order valence-electron chi connectivity index (χ4n) is 1.26. The maximum Gasteiger partial charge on any atom is 0.0656 e. The molecule has 4 nitrogen and oxygen atoms in total. The van der Waals surface area contributed by atoms with E-state index in [9.17, 15) is 0 Å². The molecule has 0 aromatic carbocycles. The summed E-state index contributed by atoms with van der Waals surface area (Å²) in [5.41, 5.74) is 2.29. The molecule has 0 aliphatic rings. The van der Waals surface area contributed by atoms with Gasteiger partial charge in [0.1, 0.15) is 0 Å². The van der Waals surface area contributed by atoms with E-state index in [4.69, 9.17) is 0 Å². The maximum absolute atomic E-state index is 3.93. The topological polar surface area (TPSA) is 51.6 Å². The highest BCUT2D eigenvalue weighted by Crippen LogP contribution is 2.09. The smallest absolute Gasteiger partial charge is 0.0656 e. The molecular weight excluding hydrogens is 272 g/mol. The van der Waals surface area contributed by atoms with E-state index in [1.165, 1.54) is 5.56 Å². The van der Waals surface area contributed by atoms with Gasteiger partial charge in [-0.2, -0.15) is 20.4 Å². The van der Waals surface area contributed by atoms with E-state index in [1.54, 1.807) is 18.6 Å². The van der Waals surface area contributed by atoms with Crippen LogP contribution in [0.15, 0.2) is 36.8 Å². The minimum atomic E-state index is 0.485. The molecule has 124 valence electrons. The summed E-state index contributed by atoms with van der Waals surface area (Å²) in [4.78, 5) is 0. The van der Waals surface area contributed by atoms with Gasteiger partial charge < -0.3 is 0 Å². The summed E-state index contributed by atoms with van der Waals surface area (Å²) in [5, 5.41) is 15.1. The Morgan fingerprint density at radius 2 is 1.36 bits per heavy atom. The Morgan fingerprint density at radius 3 is 1.64 bits per heavy atom. The van der Waals surface area contributed by atoms with Gasteiger partial charge in [0.05, 0.1) is 11.9 Å². The lowest BCUT2D eigenvalue weighted by atomic mass is 10.1. The van der Waals surface area contributed by atoms with Crippen molar-refractivity contribution in [1.29, 1.82) is 0 Å². The van der Waals surface area contributed by atoms with Gasteiger partial charge in [0, 0.05) is 12.4 Å². The van der Waals surface area contributed by atoms with Gasteiger partial charge in [-0.1, -0.05) is 55.4 Å². The van der Waals surface area contributed by atoms with Gasteiger partial charge in [0.25, 0.3) is 0 Å². The van der Waals surface area contributed by atoms with Crippen LogP contribution in [0.3, 0.4) is 0 Å². The molecule has 0 aliphatic heterocycles. The quantitative estimate of drug-likeness (QED) is 0.760. The summed E-state index contributed by atoms with van der Waals surface area (Å²) in [6.07, 6.45) is 5.20. The van der Waals surface area contributed by atoms with Crippen LogP contribution >= 0.6 is 0 Å². The second-order valence-corrected chi connectivity index (χ2v) is 4.63. The lowest BCUT2D eigenvalue weighted by Gasteiger charge is -2.00. The molecule has 0 radical (unpaired) electrons. The first-order valence-corrected chi connectivity index (χ1v) is 8.15. The molecule has 22 heavy (non-hydrogen) atoms. The van der Waals surface area contributed by atoms with Gasteiger partial charge >= 0.3 is 0 Å². The minimum Gasteiger partial charge on any atom is -0.159 e. The molecule has 0 bridgehead atoms. The van der Waals surface area contributed by atoms with Crippen molar-refractivity contribution < 1.29 is 0 Å². The molecule has 0 amide bonds. The van der Waals surface area contributed by atoms with Crippen molar-refractivity contribution in [2.45, 2.75) is 67.2 Å². The Morgan fingerprint density at radius 1 is 0.727 bits per heavy atom. The Labute approximate surface area is 136 Å². The molecule has 0 unspecified atom stereocenters. The van der Waals surface area contributed by atoms with E-state index in [-0.39, 0.29) is 0 Å². The highest BCUT2D eigenvalue weighted by molar-refractivity contribution is 5.09. The van der Waals surface area contributed by atoms with Crippen LogP contribution in [0.4, 0.5) is 0 Å². The molecule has 0 fully saturated rings. The standard InChI is InChI=1S/2C7H10N2.2C2H6/c1-6(2)7-3-4-8-9-5-7;1-6(2)7-4-3-5-8-9-7;2*1-2/h2*3-6H,1-2H3;2*1-2H3. The van der Waals surface area contributed by atoms with Crippen molar-refractivity contribution in [3.05, 3.63) is 48.0 Å². The average molecular weight is 304 g/mol. The van der Waals surface area contributed by atoms with E-state index in [2.05, 4.69) is 48.1 Å². The van der Waals surface area contributed by atoms with Crippen molar-refractivity contribution in [1.82, 2.24) is 20.4 Å². The van der Waals surface area contributed by atoms with Crippen molar-refractivity contribution >= 4 is 0 Å². The molecule has 0 saturated heterocycles. The fraction of sp³-hybridized carbons (Fsp3) is 0.556. The summed E-state index contributed by atoms with van der Waals surface area (Å²) in [6, 6.07) is 5.87. The third-order valence-electron chi connectivity index (χ3n) is 2.46. The van der Waals surface area contributed by atoms with Crippen LogP contribution in [0, 0.1) is 0 Å². The monoisotopic (exact) mass is 304 g/mol. The number of aromatic nitrogens is 4. The molecule has 0 saturated carbocycles. The number of rotatable bonds is 2. The second kappa shape index (κ2) is 15.5. The number of hydrogen-bond donors (Lipinski definition) is 0. The summed E-state index contributed by atoms with van der Waals surface area (Å²) in [7, 11) is 0. The molecule has 0 atom stereocenters. The Bertz CT molecular complexity index is 384. The first-order chi connectivity index (χ1) is 10.6. The van der Waals surface area contributed by atoms with Crippen LogP contribution < -0.4 is 0 Å². The molecule has 2 heterocycles. The van der Waals surface area contributed by atoms with Gasteiger partial charge in [-0.05, 0) is 35.6 Å². The average Bonchev–Trinajstić information content (AvgIpc) is 2.60. The Balaban J connectivity index is 0. The Hall–Kier alpha value is -1.84. The van der Waals surface area contributed by atoms with Crippen LogP contribution in [-0.4, -0.2) is 20.4 Å². The number of nitrogens with zero attached hydrogens (tertiary/aromatic N) is 4. The molecule has 0 aliphatic carbocycles. The Kier molecular flexibility index (Phi) is 15.9. The summed E-state index contributed by atoms with van der Waals surface area (Å²) < 4.78 is 0. The normalized spacial score (nSPS) is 8.82. The van der Waals surface area contributed by atoms with E-state index in [1.807, 2.05) is 45.9 Å². The summed E-state index contributed by atoms with van der Waals surface area (Å²) in [5.74, 6) is 1.04. The number of hydrogen-bond acceptors (Lipinski definition) is 4. The van der Waals surface area contributed by atoms with Gasteiger partial charge in [0.2, 0.25) is 0 Å². The van der Waals surface area contributed by atoms with Crippen LogP contribution in [-0.2, 0) is 0 Å². The van der Waals surface area contributed by atoms with Crippen LogP contribution in [0.5, 0.6) is 0 Å². The van der Waals surface area contributed by atoms with Crippen molar-refractivity contribution in [3.8, 4) is 0 Å². The lowest BCUT2D eigenvalue weighted by molar-refractivity contribution is 0.785. The van der Waals surface area contributed by atoms with Gasteiger partial charge in [0.15, 0.2) is 0 Å². The zero-order valence-electron chi connectivity index (χ0n) is 15.4. The molecule has 0 spiro atoms. The predicted octanol–water partition coefficient (Wildman–Crippen LogP) is 5.25. The van der Waals surface area contributed by atoms with Crippen molar-refractivity contribution in [2.24, 2.45) is 0 Å². The van der Waals surface area contributed by atoms with E-state index < -0.39 is 0 Å². The highest BCUT2D eigenvalue weighted by Gasteiger charge is 1.96. The highest BCUT2D eigenvalue weighted by atomic mass is 15.1. The first kappa shape index (κ1) is 22.4. The molecule has 4 heteroatoms. The summed E-state index contributed by atoms with van der Waals surface area (Å²) in [6.45, 7) is 16.5. The minimum absolute atomic E-state index is 0.485.